The SMILES string of the molecule is Nc1cc(C(F)(F)F)ccc1N1CC2(CCC2)C1. The quantitative estimate of drug-likeness (QED) is 0.781. The molecular formula is C13H15F3N2. The van der Waals surface area contributed by atoms with Crippen molar-refractivity contribution in [3.63, 3.8) is 0 Å². The summed E-state index contributed by atoms with van der Waals surface area (Å²) in [5.41, 5.74) is 6.45. The molecule has 0 unspecified atom stereocenters. The summed E-state index contributed by atoms with van der Waals surface area (Å²) < 4.78 is 37.5. The number of nitrogens with zero attached hydrogens (tertiary/aromatic N) is 1. The number of halogens is 3. The molecule has 1 spiro atoms. The van der Waals surface area contributed by atoms with Crippen molar-refractivity contribution >= 4 is 11.4 Å². The number of anilines is 2. The highest BCUT2D eigenvalue weighted by molar-refractivity contribution is 5.70. The summed E-state index contributed by atoms with van der Waals surface area (Å²) in [4.78, 5) is 2.08. The van der Waals surface area contributed by atoms with E-state index in [2.05, 4.69) is 4.90 Å². The van der Waals surface area contributed by atoms with Crippen molar-refractivity contribution in [1.82, 2.24) is 0 Å². The van der Waals surface area contributed by atoms with Gasteiger partial charge in [0.25, 0.3) is 0 Å². The Morgan fingerprint density at radius 2 is 1.83 bits per heavy atom. The lowest BCUT2D eigenvalue weighted by Gasteiger charge is -2.57. The van der Waals surface area contributed by atoms with Gasteiger partial charge in [-0.3, -0.25) is 0 Å². The van der Waals surface area contributed by atoms with Gasteiger partial charge >= 0.3 is 6.18 Å². The number of alkyl halides is 3. The van der Waals surface area contributed by atoms with Crippen LogP contribution < -0.4 is 10.6 Å². The Labute approximate surface area is 104 Å². The maximum Gasteiger partial charge on any atom is 0.416 e. The number of nitrogen functional groups attached to an aromatic ring is 1. The van der Waals surface area contributed by atoms with E-state index in [1.807, 2.05) is 0 Å². The predicted molar refractivity (Wildman–Crippen MR) is 64.4 cm³/mol. The van der Waals surface area contributed by atoms with E-state index < -0.39 is 11.7 Å². The first kappa shape index (κ1) is 11.7. The Kier molecular flexibility index (Phi) is 2.31. The fourth-order valence-electron chi connectivity index (χ4n) is 2.95. The largest absolute Gasteiger partial charge is 0.416 e. The van der Waals surface area contributed by atoms with Crippen LogP contribution in [0.4, 0.5) is 24.5 Å². The van der Waals surface area contributed by atoms with Gasteiger partial charge in [0.2, 0.25) is 0 Å². The molecular weight excluding hydrogens is 241 g/mol. The average molecular weight is 256 g/mol. The van der Waals surface area contributed by atoms with Crippen LogP contribution in [0.25, 0.3) is 0 Å². The number of nitrogens with two attached hydrogens (primary N) is 1. The molecule has 1 saturated heterocycles. The minimum Gasteiger partial charge on any atom is -0.397 e. The zero-order chi connectivity index (χ0) is 13.0. The first-order valence-corrected chi connectivity index (χ1v) is 6.11. The molecule has 2 fully saturated rings. The van der Waals surface area contributed by atoms with E-state index in [1.54, 1.807) is 0 Å². The van der Waals surface area contributed by atoms with Gasteiger partial charge in [-0.25, -0.2) is 0 Å². The van der Waals surface area contributed by atoms with Crippen molar-refractivity contribution in [3.05, 3.63) is 23.8 Å². The minimum absolute atomic E-state index is 0.221. The molecule has 1 aliphatic heterocycles. The predicted octanol–water partition coefficient (Wildman–Crippen LogP) is 3.28. The summed E-state index contributed by atoms with van der Waals surface area (Å²) in [5, 5.41) is 0. The first-order valence-electron chi connectivity index (χ1n) is 6.11. The summed E-state index contributed by atoms with van der Waals surface area (Å²) in [6.45, 7) is 1.87. The fraction of sp³-hybridized carbons (Fsp3) is 0.538. The molecule has 1 aliphatic carbocycles. The molecule has 2 nitrogen and oxygen atoms in total. The van der Waals surface area contributed by atoms with Crippen molar-refractivity contribution in [3.8, 4) is 0 Å². The zero-order valence-electron chi connectivity index (χ0n) is 9.93. The third-order valence-electron chi connectivity index (χ3n) is 4.16. The lowest BCUT2D eigenvalue weighted by atomic mass is 9.63. The van der Waals surface area contributed by atoms with Gasteiger partial charge in [0.05, 0.1) is 16.9 Å². The Morgan fingerprint density at radius 1 is 1.17 bits per heavy atom. The van der Waals surface area contributed by atoms with Gasteiger partial charge in [-0.2, -0.15) is 13.2 Å². The van der Waals surface area contributed by atoms with Crippen LogP contribution in [0.5, 0.6) is 0 Å². The Balaban J connectivity index is 1.78. The van der Waals surface area contributed by atoms with Crippen LogP contribution in [0.15, 0.2) is 18.2 Å². The molecule has 2 aliphatic rings. The lowest BCUT2D eigenvalue weighted by Crippen LogP contribution is -2.60. The molecule has 98 valence electrons. The van der Waals surface area contributed by atoms with Crippen LogP contribution in [0.2, 0.25) is 0 Å². The van der Waals surface area contributed by atoms with Gasteiger partial charge in [-0.1, -0.05) is 6.42 Å². The van der Waals surface area contributed by atoms with Gasteiger partial charge in [-0.05, 0) is 31.0 Å². The topological polar surface area (TPSA) is 29.3 Å². The monoisotopic (exact) mass is 256 g/mol. The minimum atomic E-state index is -4.32. The second-order valence-corrected chi connectivity index (χ2v) is 5.48. The van der Waals surface area contributed by atoms with Gasteiger partial charge < -0.3 is 10.6 Å². The van der Waals surface area contributed by atoms with E-state index in [0.717, 1.165) is 30.9 Å². The van der Waals surface area contributed by atoms with E-state index in [0.29, 0.717) is 5.41 Å². The normalized spacial score (nSPS) is 21.6. The maximum atomic E-state index is 12.5. The Morgan fingerprint density at radius 3 is 2.28 bits per heavy atom. The highest BCUT2D eigenvalue weighted by Crippen LogP contribution is 2.50. The molecule has 0 aromatic heterocycles. The molecule has 1 aromatic rings. The average Bonchev–Trinajstić information content (AvgIpc) is 2.14. The molecule has 1 heterocycles. The van der Waals surface area contributed by atoms with Crippen molar-refractivity contribution in [2.45, 2.75) is 25.4 Å². The van der Waals surface area contributed by atoms with Crippen LogP contribution in [-0.4, -0.2) is 13.1 Å². The third-order valence-corrected chi connectivity index (χ3v) is 4.16. The van der Waals surface area contributed by atoms with E-state index in [1.165, 1.54) is 25.3 Å². The van der Waals surface area contributed by atoms with Crippen molar-refractivity contribution in [1.29, 1.82) is 0 Å². The Hall–Kier alpha value is -1.39. The molecule has 3 rings (SSSR count). The molecule has 0 bridgehead atoms. The summed E-state index contributed by atoms with van der Waals surface area (Å²) in [6.07, 6.45) is -0.568. The first-order chi connectivity index (χ1) is 8.40. The van der Waals surface area contributed by atoms with Gasteiger partial charge in [0.1, 0.15) is 0 Å². The molecule has 18 heavy (non-hydrogen) atoms. The van der Waals surface area contributed by atoms with E-state index in [4.69, 9.17) is 5.73 Å². The van der Waals surface area contributed by atoms with Crippen molar-refractivity contribution < 1.29 is 13.2 Å². The van der Waals surface area contributed by atoms with E-state index in [9.17, 15) is 13.2 Å². The zero-order valence-corrected chi connectivity index (χ0v) is 9.93. The highest BCUT2D eigenvalue weighted by atomic mass is 19.4. The molecule has 1 aromatic carbocycles. The molecule has 2 N–H and O–H groups in total. The smallest absolute Gasteiger partial charge is 0.397 e. The number of hydrogen-bond acceptors (Lipinski definition) is 2. The van der Waals surface area contributed by atoms with Crippen molar-refractivity contribution in [2.75, 3.05) is 23.7 Å². The number of hydrogen-bond donors (Lipinski definition) is 1. The van der Waals surface area contributed by atoms with E-state index >= 15 is 0 Å². The van der Waals surface area contributed by atoms with Gasteiger partial charge in [0, 0.05) is 18.5 Å². The second kappa shape index (κ2) is 3.56. The van der Waals surface area contributed by atoms with Crippen LogP contribution in [0.1, 0.15) is 24.8 Å². The molecule has 0 amide bonds. The van der Waals surface area contributed by atoms with Crippen LogP contribution in [-0.2, 0) is 6.18 Å². The van der Waals surface area contributed by atoms with Crippen LogP contribution in [0, 0.1) is 5.41 Å². The van der Waals surface area contributed by atoms with E-state index in [-0.39, 0.29) is 5.69 Å². The second-order valence-electron chi connectivity index (χ2n) is 5.48. The third kappa shape index (κ3) is 1.72. The Bertz CT molecular complexity index is 470. The summed E-state index contributed by atoms with van der Waals surface area (Å²) in [6, 6.07) is 3.63. The van der Waals surface area contributed by atoms with Gasteiger partial charge in [0.15, 0.2) is 0 Å². The lowest BCUT2D eigenvalue weighted by molar-refractivity contribution is -0.137. The van der Waals surface area contributed by atoms with Crippen LogP contribution in [0.3, 0.4) is 0 Å². The molecule has 0 atom stereocenters. The summed E-state index contributed by atoms with van der Waals surface area (Å²) >= 11 is 0. The molecule has 0 radical (unpaired) electrons. The molecule has 1 saturated carbocycles. The number of benzene rings is 1. The summed E-state index contributed by atoms with van der Waals surface area (Å²) in [5.74, 6) is 0. The van der Waals surface area contributed by atoms with Gasteiger partial charge in [-0.15, -0.1) is 0 Å². The van der Waals surface area contributed by atoms with Crippen LogP contribution >= 0.6 is 0 Å². The highest BCUT2D eigenvalue weighted by Gasteiger charge is 2.47. The molecule has 5 heteroatoms. The standard InChI is InChI=1S/C13H15F3N2/c14-13(15,16)9-2-3-11(10(17)6-9)18-7-12(8-18)4-1-5-12/h2-3,6H,1,4-5,7-8,17H2. The maximum absolute atomic E-state index is 12.5. The fourth-order valence-corrected chi connectivity index (χ4v) is 2.95. The summed E-state index contributed by atoms with van der Waals surface area (Å²) in [7, 11) is 0. The number of rotatable bonds is 1. The van der Waals surface area contributed by atoms with Crippen molar-refractivity contribution in [2.24, 2.45) is 5.41 Å².